The summed E-state index contributed by atoms with van der Waals surface area (Å²) in [6.45, 7) is 5.95. The molecule has 0 radical (unpaired) electrons. The van der Waals surface area contributed by atoms with Crippen molar-refractivity contribution in [2.75, 3.05) is 13.7 Å². The Labute approximate surface area is 121 Å². The molecule has 0 saturated heterocycles. The predicted molar refractivity (Wildman–Crippen MR) is 79.7 cm³/mol. The van der Waals surface area contributed by atoms with Crippen LogP contribution in [0.4, 0.5) is 0 Å². The molecule has 1 rings (SSSR count). The Morgan fingerprint density at radius 2 is 2.00 bits per heavy atom. The molecule has 0 spiro atoms. The van der Waals surface area contributed by atoms with E-state index in [1.807, 2.05) is 24.3 Å². The fraction of sp³-hybridized carbons (Fsp3) is 0.562. The molecule has 0 aromatic heterocycles. The van der Waals surface area contributed by atoms with Crippen molar-refractivity contribution < 1.29 is 14.3 Å². The third-order valence-electron chi connectivity index (χ3n) is 3.31. The van der Waals surface area contributed by atoms with Crippen LogP contribution in [-0.2, 0) is 16.0 Å². The van der Waals surface area contributed by atoms with Gasteiger partial charge in [-0.3, -0.25) is 4.79 Å². The summed E-state index contributed by atoms with van der Waals surface area (Å²) >= 11 is 0. The van der Waals surface area contributed by atoms with Gasteiger partial charge >= 0.3 is 5.97 Å². The van der Waals surface area contributed by atoms with Gasteiger partial charge in [0.2, 0.25) is 0 Å². The lowest BCUT2D eigenvalue weighted by molar-refractivity contribution is -0.152. The van der Waals surface area contributed by atoms with Crippen molar-refractivity contribution in [3.8, 4) is 5.75 Å². The number of hydrogen-bond donors (Lipinski definition) is 1. The van der Waals surface area contributed by atoms with Gasteiger partial charge in [-0.15, -0.1) is 0 Å². The van der Waals surface area contributed by atoms with Crippen LogP contribution >= 0.6 is 0 Å². The highest BCUT2D eigenvalue weighted by molar-refractivity contribution is 5.75. The molecule has 0 bridgehead atoms. The Bertz CT molecular complexity index is 443. The molecule has 0 amide bonds. The van der Waals surface area contributed by atoms with Crippen LogP contribution < -0.4 is 10.5 Å². The molecule has 0 aliphatic rings. The van der Waals surface area contributed by atoms with E-state index in [1.165, 1.54) is 7.11 Å². The van der Waals surface area contributed by atoms with Crippen molar-refractivity contribution in [2.24, 2.45) is 11.1 Å². The van der Waals surface area contributed by atoms with E-state index in [1.54, 1.807) is 13.8 Å². The zero-order chi connectivity index (χ0) is 15.2. The summed E-state index contributed by atoms with van der Waals surface area (Å²) in [5.41, 5.74) is 6.40. The highest BCUT2D eigenvalue weighted by Crippen LogP contribution is 2.24. The molecule has 0 aliphatic heterocycles. The van der Waals surface area contributed by atoms with E-state index in [0.717, 1.165) is 24.2 Å². The monoisotopic (exact) mass is 279 g/mol. The molecular formula is C16H25NO3. The molecule has 1 unspecified atom stereocenters. The van der Waals surface area contributed by atoms with Crippen LogP contribution in [0.25, 0.3) is 0 Å². The summed E-state index contributed by atoms with van der Waals surface area (Å²) in [5, 5.41) is 0. The third kappa shape index (κ3) is 4.53. The largest absolute Gasteiger partial charge is 0.492 e. The van der Waals surface area contributed by atoms with Crippen LogP contribution in [0.15, 0.2) is 24.3 Å². The van der Waals surface area contributed by atoms with Gasteiger partial charge in [0, 0.05) is 6.04 Å². The summed E-state index contributed by atoms with van der Waals surface area (Å²) < 4.78 is 10.6. The first-order valence-corrected chi connectivity index (χ1v) is 6.95. The number of ether oxygens (including phenoxy) is 2. The van der Waals surface area contributed by atoms with E-state index in [0.29, 0.717) is 0 Å². The van der Waals surface area contributed by atoms with Crippen LogP contribution in [0.3, 0.4) is 0 Å². The first-order valence-electron chi connectivity index (χ1n) is 6.95. The highest BCUT2D eigenvalue weighted by Gasteiger charge is 2.30. The topological polar surface area (TPSA) is 61.5 Å². The number of hydrogen-bond acceptors (Lipinski definition) is 4. The van der Waals surface area contributed by atoms with Gasteiger partial charge in [-0.1, -0.05) is 25.1 Å². The van der Waals surface area contributed by atoms with Gasteiger partial charge in [0.05, 0.1) is 12.5 Å². The molecule has 2 N–H and O–H groups in total. The number of methoxy groups -OCH3 is 1. The van der Waals surface area contributed by atoms with E-state index >= 15 is 0 Å². The van der Waals surface area contributed by atoms with E-state index < -0.39 is 5.41 Å². The summed E-state index contributed by atoms with van der Waals surface area (Å²) in [6, 6.07) is 7.92. The van der Waals surface area contributed by atoms with Gasteiger partial charge in [-0.2, -0.15) is 0 Å². The lowest BCUT2D eigenvalue weighted by atomic mass is 9.95. The van der Waals surface area contributed by atoms with Gasteiger partial charge < -0.3 is 15.2 Å². The molecule has 4 nitrogen and oxygen atoms in total. The average Bonchev–Trinajstić information content (AvgIpc) is 2.45. The first-order chi connectivity index (χ1) is 9.40. The number of rotatable bonds is 7. The number of nitrogens with two attached hydrogens (primary N) is 1. The molecule has 20 heavy (non-hydrogen) atoms. The molecule has 0 aliphatic carbocycles. The molecule has 4 heteroatoms. The van der Waals surface area contributed by atoms with Gasteiger partial charge in [0.15, 0.2) is 0 Å². The highest BCUT2D eigenvalue weighted by atomic mass is 16.5. The Morgan fingerprint density at radius 3 is 2.60 bits per heavy atom. The van der Waals surface area contributed by atoms with E-state index in [9.17, 15) is 4.79 Å². The van der Waals surface area contributed by atoms with Gasteiger partial charge in [0.25, 0.3) is 0 Å². The fourth-order valence-electron chi connectivity index (χ4n) is 1.83. The van der Waals surface area contributed by atoms with Crippen LogP contribution in [0, 0.1) is 5.41 Å². The SMILES string of the molecule is CCC(N)Cc1ccccc1OCC(C)(C)C(=O)OC. The fourth-order valence-corrected chi connectivity index (χ4v) is 1.83. The quantitative estimate of drug-likeness (QED) is 0.779. The summed E-state index contributed by atoms with van der Waals surface area (Å²) in [5.74, 6) is 0.508. The minimum atomic E-state index is -0.672. The molecular weight excluding hydrogens is 254 g/mol. The molecule has 1 aromatic carbocycles. The van der Waals surface area contributed by atoms with Crippen LogP contribution in [0.5, 0.6) is 5.75 Å². The summed E-state index contributed by atoms with van der Waals surface area (Å²) in [7, 11) is 1.39. The van der Waals surface area contributed by atoms with Gasteiger partial charge in [-0.25, -0.2) is 0 Å². The second-order valence-corrected chi connectivity index (χ2v) is 5.64. The van der Waals surface area contributed by atoms with E-state index in [4.69, 9.17) is 15.2 Å². The normalized spacial score (nSPS) is 12.8. The van der Waals surface area contributed by atoms with E-state index in [-0.39, 0.29) is 18.6 Å². The first kappa shape index (κ1) is 16.5. The number of esters is 1. The summed E-state index contributed by atoms with van der Waals surface area (Å²) in [6.07, 6.45) is 1.69. The maximum atomic E-state index is 11.6. The van der Waals surface area contributed by atoms with Crippen molar-refractivity contribution in [2.45, 2.75) is 39.7 Å². The van der Waals surface area contributed by atoms with E-state index in [2.05, 4.69) is 6.92 Å². The number of para-hydroxylation sites is 1. The number of carbonyl (C=O) groups is 1. The van der Waals surface area contributed by atoms with Crippen LogP contribution in [0.1, 0.15) is 32.8 Å². The molecule has 0 fully saturated rings. The Balaban J connectivity index is 2.75. The maximum absolute atomic E-state index is 11.6. The zero-order valence-electron chi connectivity index (χ0n) is 12.8. The molecule has 0 saturated carbocycles. The average molecular weight is 279 g/mol. The van der Waals surface area contributed by atoms with Crippen LogP contribution in [-0.4, -0.2) is 25.7 Å². The zero-order valence-corrected chi connectivity index (χ0v) is 12.8. The number of carbonyl (C=O) groups excluding carboxylic acids is 1. The van der Waals surface area contributed by atoms with Crippen molar-refractivity contribution in [3.05, 3.63) is 29.8 Å². The minimum Gasteiger partial charge on any atom is -0.492 e. The van der Waals surface area contributed by atoms with Gasteiger partial charge in [-0.05, 0) is 38.3 Å². The smallest absolute Gasteiger partial charge is 0.314 e. The molecule has 112 valence electrons. The van der Waals surface area contributed by atoms with Crippen molar-refractivity contribution in [1.82, 2.24) is 0 Å². The predicted octanol–water partition coefficient (Wildman–Crippen LogP) is 2.54. The standard InChI is InChI=1S/C16H25NO3/c1-5-13(17)10-12-8-6-7-9-14(12)20-11-16(2,3)15(18)19-4/h6-9,13H,5,10-11,17H2,1-4H3. The second-order valence-electron chi connectivity index (χ2n) is 5.64. The second kappa shape index (κ2) is 7.29. The van der Waals surface area contributed by atoms with Crippen molar-refractivity contribution in [1.29, 1.82) is 0 Å². The van der Waals surface area contributed by atoms with Crippen LogP contribution in [0.2, 0.25) is 0 Å². The molecule has 0 heterocycles. The Kier molecular flexibility index (Phi) is 6.02. The number of benzene rings is 1. The van der Waals surface area contributed by atoms with Crippen molar-refractivity contribution in [3.63, 3.8) is 0 Å². The van der Waals surface area contributed by atoms with Gasteiger partial charge in [0.1, 0.15) is 12.4 Å². The lowest BCUT2D eigenvalue weighted by Crippen LogP contribution is -2.32. The summed E-state index contributed by atoms with van der Waals surface area (Å²) in [4.78, 5) is 11.6. The Morgan fingerprint density at radius 1 is 1.35 bits per heavy atom. The van der Waals surface area contributed by atoms with Crippen molar-refractivity contribution >= 4 is 5.97 Å². The molecule has 1 aromatic rings. The third-order valence-corrected chi connectivity index (χ3v) is 3.31. The Hall–Kier alpha value is -1.55. The lowest BCUT2D eigenvalue weighted by Gasteiger charge is -2.23. The maximum Gasteiger partial charge on any atom is 0.314 e. The molecule has 1 atom stereocenters. The minimum absolute atomic E-state index is 0.119.